The highest BCUT2D eigenvalue weighted by atomic mass is 19.1. The molecule has 3 aromatic carbocycles. The topological polar surface area (TPSA) is 74.7 Å². The van der Waals surface area contributed by atoms with Gasteiger partial charge in [-0.15, -0.1) is 0 Å². The van der Waals surface area contributed by atoms with Gasteiger partial charge in [-0.2, -0.15) is 0 Å². The quantitative estimate of drug-likeness (QED) is 0.287. The number of nitrogens with zero attached hydrogens (tertiary/aromatic N) is 1. The molecule has 2 aromatic heterocycles. The number of aromatic nitrogens is 1. The van der Waals surface area contributed by atoms with Gasteiger partial charge in [0.25, 0.3) is 0 Å². The van der Waals surface area contributed by atoms with E-state index in [4.69, 9.17) is 18.4 Å². The number of methoxy groups -OCH3 is 1. The average molecular weight is 403 g/mol. The van der Waals surface area contributed by atoms with Crippen molar-refractivity contribution in [1.29, 1.82) is 0 Å². The first-order chi connectivity index (χ1) is 14.6. The van der Waals surface area contributed by atoms with E-state index < -0.39 is 5.97 Å². The summed E-state index contributed by atoms with van der Waals surface area (Å²) >= 11 is 0. The Hall–Kier alpha value is -4.13. The van der Waals surface area contributed by atoms with Gasteiger partial charge >= 0.3 is 5.97 Å². The third-order valence-electron chi connectivity index (χ3n) is 4.70. The average Bonchev–Trinajstić information content (AvgIpc) is 3.38. The Balaban J connectivity index is 1.43. The summed E-state index contributed by atoms with van der Waals surface area (Å²) in [5, 5.41) is 5.50. The highest BCUT2D eigenvalue weighted by molar-refractivity contribution is 5.96. The number of furan rings is 1. The molecule has 0 bridgehead atoms. The minimum atomic E-state index is -0.647. The molecule has 0 aliphatic carbocycles. The Morgan fingerprint density at radius 3 is 2.67 bits per heavy atom. The largest absolute Gasteiger partial charge is 0.493 e. The van der Waals surface area contributed by atoms with Crippen LogP contribution in [0.5, 0.6) is 11.5 Å². The van der Waals surface area contributed by atoms with Crippen LogP contribution >= 0.6 is 0 Å². The molecular weight excluding hydrogens is 389 g/mol. The maximum Gasteiger partial charge on any atom is 0.379 e. The van der Waals surface area contributed by atoms with Crippen molar-refractivity contribution < 1.29 is 27.6 Å². The van der Waals surface area contributed by atoms with Gasteiger partial charge in [0, 0.05) is 22.4 Å². The van der Waals surface area contributed by atoms with Gasteiger partial charge < -0.3 is 18.4 Å². The number of para-hydroxylation sites is 1. The van der Waals surface area contributed by atoms with Crippen LogP contribution in [0.2, 0.25) is 0 Å². The van der Waals surface area contributed by atoms with E-state index in [1.807, 2.05) is 12.1 Å². The van der Waals surface area contributed by atoms with Crippen LogP contribution in [0, 0.1) is 5.82 Å². The summed E-state index contributed by atoms with van der Waals surface area (Å²) < 4.78 is 34.8. The summed E-state index contributed by atoms with van der Waals surface area (Å²) in [6.45, 7) is 0. The van der Waals surface area contributed by atoms with E-state index in [0.29, 0.717) is 22.6 Å². The monoisotopic (exact) mass is 403 g/mol. The second-order valence-corrected chi connectivity index (χ2v) is 6.57. The van der Waals surface area contributed by atoms with Crippen LogP contribution in [0.1, 0.15) is 10.6 Å². The van der Waals surface area contributed by atoms with Crippen LogP contribution in [0.3, 0.4) is 0 Å². The zero-order chi connectivity index (χ0) is 20.7. The second-order valence-electron chi connectivity index (χ2n) is 6.57. The zero-order valence-electron chi connectivity index (χ0n) is 15.7. The molecule has 0 aliphatic heterocycles. The molecule has 0 atom stereocenters. The minimum absolute atomic E-state index is 0.0548. The molecule has 7 heteroatoms. The van der Waals surface area contributed by atoms with Gasteiger partial charge in [0.15, 0.2) is 16.9 Å². The lowest BCUT2D eigenvalue weighted by atomic mass is 10.1. The van der Waals surface area contributed by atoms with E-state index in [0.717, 1.165) is 16.3 Å². The fourth-order valence-corrected chi connectivity index (χ4v) is 3.25. The molecule has 0 saturated heterocycles. The summed E-state index contributed by atoms with van der Waals surface area (Å²) in [6.07, 6.45) is 0. The lowest BCUT2D eigenvalue weighted by Crippen LogP contribution is -2.06. The van der Waals surface area contributed by atoms with Crippen molar-refractivity contribution >= 4 is 27.9 Å². The number of hydrogen-bond acceptors (Lipinski definition) is 6. The number of carbonyl (C=O) groups excluding carboxylic acids is 1. The summed E-state index contributed by atoms with van der Waals surface area (Å²) in [5.41, 5.74) is 2.20. The number of fused-ring (bicyclic) bond motifs is 2. The standard InChI is InChI=1S/C23H14FNO5/c1-27-18-4-2-3-14-11-20(29-22(14)18)23(26)28-16-9-10-17-19(12-16)30-25-21(17)13-5-7-15(24)8-6-13/h2-12H,1H3. The molecular formula is C23H14FNO5. The van der Waals surface area contributed by atoms with Crippen molar-refractivity contribution in [2.45, 2.75) is 0 Å². The molecule has 6 nitrogen and oxygen atoms in total. The number of ether oxygens (including phenoxy) is 2. The zero-order valence-corrected chi connectivity index (χ0v) is 15.7. The van der Waals surface area contributed by atoms with Crippen LogP contribution in [-0.2, 0) is 0 Å². The van der Waals surface area contributed by atoms with E-state index in [2.05, 4.69) is 5.16 Å². The SMILES string of the molecule is COc1cccc2cc(C(=O)Oc3ccc4c(-c5ccc(F)cc5)noc4c3)oc12. The van der Waals surface area contributed by atoms with Gasteiger partial charge in [-0.05, 0) is 48.5 Å². The van der Waals surface area contributed by atoms with Gasteiger partial charge in [0.2, 0.25) is 5.76 Å². The van der Waals surface area contributed by atoms with E-state index in [1.165, 1.54) is 19.2 Å². The first-order valence-corrected chi connectivity index (χ1v) is 9.06. The number of rotatable bonds is 4. The fraction of sp³-hybridized carbons (Fsp3) is 0.0435. The van der Waals surface area contributed by atoms with Gasteiger partial charge in [0.1, 0.15) is 17.3 Å². The molecule has 0 spiro atoms. The Morgan fingerprint density at radius 2 is 1.87 bits per heavy atom. The van der Waals surface area contributed by atoms with Crippen molar-refractivity contribution in [2.75, 3.05) is 7.11 Å². The highest BCUT2D eigenvalue weighted by Gasteiger charge is 2.18. The number of hydrogen-bond donors (Lipinski definition) is 0. The first-order valence-electron chi connectivity index (χ1n) is 9.06. The normalized spacial score (nSPS) is 11.1. The molecule has 30 heavy (non-hydrogen) atoms. The molecule has 2 heterocycles. The molecule has 5 rings (SSSR count). The maximum atomic E-state index is 13.2. The minimum Gasteiger partial charge on any atom is -0.493 e. The summed E-state index contributed by atoms with van der Waals surface area (Å²) in [5.74, 6) is -0.112. The van der Waals surface area contributed by atoms with Crippen LogP contribution in [-0.4, -0.2) is 18.2 Å². The molecule has 148 valence electrons. The molecule has 5 aromatic rings. The third kappa shape index (κ3) is 3.06. The Kier molecular flexibility index (Phi) is 4.21. The molecule has 0 fully saturated rings. The van der Waals surface area contributed by atoms with Crippen molar-refractivity contribution in [3.05, 3.63) is 78.3 Å². The number of carbonyl (C=O) groups is 1. The van der Waals surface area contributed by atoms with Gasteiger partial charge in [-0.3, -0.25) is 0 Å². The van der Waals surface area contributed by atoms with E-state index in [-0.39, 0.29) is 17.3 Å². The number of esters is 1. The smallest absolute Gasteiger partial charge is 0.379 e. The van der Waals surface area contributed by atoms with Gasteiger partial charge in [-0.1, -0.05) is 17.3 Å². The maximum absolute atomic E-state index is 13.2. The van der Waals surface area contributed by atoms with Crippen LogP contribution in [0.4, 0.5) is 4.39 Å². The second kappa shape index (κ2) is 7.04. The summed E-state index contributed by atoms with van der Waals surface area (Å²) in [6, 6.07) is 17.9. The predicted octanol–water partition coefficient (Wildman–Crippen LogP) is 5.61. The van der Waals surface area contributed by atoms with E-state index >= 15 is 0 Å². The van der Waals surface area contributed by atoms with Crippen molar-refractivity contribution in [2.24, 2.45) is 0 Å². The molecule has 0 amide bonds. The van der Waals surface area contributed by atoms with Crippen LogP contribution < -0.4 is 9.47 Å². The van der Waals surface area contributed by atoms with Gasteiger partial charge in [-0.25, -0.2) is 9.18 Å². The third-order valence-corrected chi connectivity index (χ3v) is 4.70. The molecule has 0 radical (unpaired) electrons. The fourth-order valence-electron chi connectivity index (χ4n) is 3.25. The van der Waals surface area contributed by atoms with E-state index in [9.17, 15) is 9.18 Å². The van der Waals surface area contributed by atoms with Crippen molar-refractivity contribution in [1.82, 2.24) is 5.16 Å². The lowest BCUT2D eigenvalue weighted by Gasteiger charge is -2.02. The predicted molar refractivity (Wildman–Crippen MR) is 107 cm³/mol. The Morgan fingerprint density at radius 1 is 1.03 bits per heavy atom. The van der Waals surface area contributed by atoms with Crippen LogP contribution in [0.25, 0.3) is 33.2 Å². The number of benzene rings is 3. The van der Waals surface area contributed by atoms with Crippen LogP contribution in [0.15, 0.2) is 75.7 Å². The van der Waals surface area contributed by atoms with Crippen molar-refractivity contribution in [3.8, 4) is 22.8 Å². The highest BCUT2D eigenvalue weighted by Crippen LogP contribution is 2.32. The van der Waals surface area contributed by atoms with E-state index in [1.54, 1.807) is 42.5 Å². The summed E-state index contributed by atoms with van der Waals surface area (Å²) in [7, 11) is 1.53. The first kappa shape index (κ1) is 17.9. The molecule has 0 N–H and O–H groups in total. The molecule has 0 unspecified atom stereocenters. The Labute approximate surface area is 169 Å². The van der Waals surface area contributed by atoms with Crippen molar-refractivity contribution in [3.63, 3.8) is 0 Å². The molecule has 0 saturated carbocycles. The molecule has 0 aliphatic rings. The van der Waals surface area contributed by atoms with Gasteiger partial charge in [0.05, 0.1) is 7.11 Å². The summed E-state index contributed by atoms with van der Waals surface area (Å²) in [4.78, 5) is 12.5. The number of halogens is 1. The lowest BCUT2D eigenvalue weighted by molar-refractivity contribution is 0.0704. The Bertz CT molecular complexity index is 1380.